The molecule has 0 bridgehead atoms. The Bertz CT molecular complexity index is 707. The third kappa shape index (κ3) is 5.15. The molecule has 1 radical (unpaired) electrons. The van der Waals surface area contributed by atoms with Crippen molar-refractivity contribution in [2.45, 2.75) is 102 Å². The van der Waals surface area contributed by atoms with Gasteiger partial charge in [-0.25, -0.2) is 4.98 Å². The van der Waals surface area contributed by atoms with Crippen LogP contribution in [0.2, 0.25) is 5.82 Å². The quantitative estimate of drug-likeness (QED) is 0.690. The third-order valence-electron chi connectivity index (χ3n) is 6.86. The number of H-pyrrole nitrogens is 1. The minimum absolute atomic E-state index is 0.602. The molecular formula is C23H35BN3. The summed E-state index contributed by atoms with van der Waals surface area (Å²) in [6, 6.07) is 2.20. The number of aromatic nitrogens is 3. The molecule has 2 heterocycles. The first kappa shape index (κ1) is 19.0. The maximum Gasteiger partial charge on any atom is 0.178 e. The number of aromatic amines is 1. The van der Waals surface area contributed by atoms with E-state index in [9.17, 15) is 0 Å². The first-order chi connectivity index (χ1) is 13.3. The first-order valence-corrected chi connectivity index (χ1v) is 11.5. The summed E-state index contributed by atoms with van der Waals surface area (Å²) >= 11 is 0. The van der Waals surface area contributed by atoms with Gasteiger partial charge in [-0.1, -0.05) is 83.4 Å². The zero-order valence-corrected chi connectivity index (χ0v) is 17.1. The fourth-order valence-electron chi connectivity index (χ4n) is 5.13. The lowest BCUT2D eigenvalue weighted by Gasteiger charge is -2.21. The van der Waals surface area contributed by atoms with Gasteiger partial charge in [0, 0.05) is 12.1 Å². The predicted octanol–water partition coefficient (Wildman–Crippen LogP) is 5.89. The molecule has 2 aromatic heterocycles. The van der Waals surface area contributed by atoms with Crippen LogP contribution < -0.4 is 5.59 Å². The summed E-state index contributed by atoms with van der Waals surface area (Å²) in [5.41, 5.74) is 4.44. The Morgan fingerprint density at radius 1 is 0.889 bits per heavy atom. The molecule has 0 amide bonds. The average molecular weight is 364 g/mol. The van der Waals surface area contributed by atoms with Crippen molar-refractivity contribution in [1.29, 1.82) is 0 Å². The number of fused-ring (bicyclic) bond motifs is 1. The van der Waals surface area contributed by atoms with Crippen molar-refractivity contribution in [2.75, 3.05) is 0 Å². The first-order valence-electron chi connectivity index (χ1n) is 11.5. The van der Waals surface area contributed by atoms with E-state index in [0.717, 1.165) is 17.1 Å². The highest BCUT2D eigenvalue weighted by molar-refractivity contribution is 6.54. The number of rotatable bonds is 3. The molecule has 0 aromatic carbocycles. The molecule has 0 unspecified atom stereocenters. The zero-order chi connectivity index (χ0) is 18.5. The molecule has 2 aromatic rings. The van der Waals surface area contributed by atoms with E-state index in [0.29, 0.717) is 11.7 Å². The molecule has 0 aliphatic heterocycles. The lowest BCUT2D eigenvalue weighted by Crippen LogP contribution is -2.21. The minimum atomic E-state index is 0.602. The fraction of sp³-hybridized carbons (Fsp3) is 0.739. The van der Waals surface area contributed by atoms with E-state index >= 15 is 0 Å². The van der Waals surface area contributed by atoms with Crippen molar-refractivity contribution in [2.24, 2.45) is 5.92 Å². The number of hydrogen-bond acceptors (Lipinski definition) is 2. The average Bonchev–Trinajstić information content (AvgIpc) is 3.01. The van der Waals surface area contributed by atoms with Crippen LogP contribution in [0.1, 0.15) is 102 Å². The summed E-state index contributed by atoms with van der Waals surface area (Å²) in [5.74, 6) is 2.22. The van der Waals surface area contributed by atoms with Crippen molar-refractivity contribution < 1.29 is 0 Å². The van der Waals surface area contributed by atoms with Crippen LogP contribution in [0.15, 0.2) is 12.3 Å². The molecular weight excluding hydrogens is 329 g/mol. The van der Waals surface area contributed by atoms with Crippen molar-refractivity contribution in [3.05, 3.63) is 18.0 Å². The van der Waals surface area contributed by atoms with Crippen LogP contribution in [-0.2, 0) is 0 Å². The smallest absolute Gasteiger partial charge is 0.178 e. The number of nitrogens with one attached hydrogen (secondary N) is 1. The summed E-state index contributed by atoms with van der Waals surface area (Å²) in [6.07, 6.45) is 19.6. The van der Waals surface area contributed by atoms with Crippen molar-refractivity contribution in [3.63, 3.8) is 0 Å². The standard InChI is InChI=1S/C23H35BN3/c1-17-9-7-13-19(14-8-10-17)24-22-15-20-23(27-22)26-21(16-25-20)18-11-5-3-2-4-6-12-18/h15-19H,2-14H2,1H3,(H,26,27). The van der Waals surface area contributed by atoms with Gasteiger partial charge in [-0.05, 0) is 30.4 Å². The van der Waals surface area contributed by atoms with Gasteiger partial charge in [0.1, 0.15) is 5.52 Å². The monoisotopic (exact) mass is 364 g/mol. The maximum atomic E-state index is 4.99. The van der Waals surface area contributed by atoms with Gasteiger partial charge in [-0.2, -0.15) is 0 Å². The highest BCUT2D eigenvalue weighted by Crippen LogP contribution is 2.31. The second-order valence-electron chi connectivity index (χ2n) is 9.19. The SMILES string of the molecule is CC1CCCC([B]c2cc3ncc(C4CCCCCCC4)nc3[nH]2)CCC1. The maximum absolute atomic E-state index is 4.99. The molecule has 27 heavy (non-hydrogen) atoms. The molecule has 3 nitrogen and oxygen atoms in total. The Kier molecular flexibility index (Phi) is 6.52. The van der Waals surface area contributed by atoms with Crippen molar-refractivity contribution in [1.82, 2.24) is 15.0 Å². The Morgan fingerprint density at radius 2 is 1.59 bits per heavy atom. The molecule has 1 N–H and O–H groups in total. The van der Waals surface area contributed by atoms with Crippen LogP contribution >= 0.6 is 0 Å². The molecule has 2 saturated carbocycles. The normalized spacial score (nSPS) is 26.1. The Labute approximate surface area is 165 Å². The van der Waals surface area contributed by atoms with Crippen LogP contribution in [-0.4, -0.2) is 22.2 Å². The predicted molar refractivity (Wildman–Crippen MR) is 115 cm³/mol. The Morgan fingerprint density at radius 3 is 2.33 bits per heavy atom. The van der Waals surface area contributed by atoms with Gasteiger partial charge < -0.3 is 4.98 Å². The summed E-state index contributed by atoms with van der Waals surface area (Å²) in [6.45, 7) is 2.41. The van der Waals surface area contributed by atoms with E-state index in [1.165, 1.54) is 94.8 Å². The second-order valence-corrected chi connectivity index (χ2v) is 9.19. The highest BCUT2D eigenvalue weighted by Gasteiger charge is 2.19. The molecule has 0 atom stereocenters. The van der Waals surface area contributed by atoms with E-state index in [1.54, 1.807) is 0 Å². The number of hydrogen-bond donors (Lipinski definition) is 1. The van der Waals surface area contributed by atoms with Crippen LogP contribution in [0.25, 0.3) is 11.2 Å². The van der Waals surface area contributed by atoms with E-state index in [2.05, 4.69) is 25.3 Å². The van der Waals surface area contributed by atoms with Gasteiger partial charge >= 0.3 is 0 Å². The molecule has 2 aliphatic rings. The van der Waals surface area contributed by atoms with Crippen molar-refractivity contribution >= 4 is 24.0 Å². The molecule has 0 spiro atoms. The van der Waals surface area contributed by atoms with E-state index in [-0.39, 0.29) is 0 Å². The molecule has 145 valence electrons. The number of nitrogens with zero attached hydrogens (tertiary/aromatic N) is 2. The van der Waals surface area contributed by atoms with Crippen LogP contribution in [0.3, 0.4) is 0 Å². The lowest BCUT2D eigenvalue weighted by atomic mass is 9.57. The summed E-state index contributed by atoms with van der Waals surface area (Å²) in [5, 5.41) is 0. The second kappa shape index (κ2) is 9.25. The molecule has 4 heteroatoms. The summed E-state index contributed by atoms with van der Waals surface area (Å²) < 4.78 is 0. The molecule has 0 saturated heterocycles. The van der Waals surface area contributed by atoms with Gasteiger partial charge in [0.15, 0.2) is 12.9 Å². The lowest BCUT2D eigenvalue weighted by molar-refractivity contribution is 0.403. The summed E-state index contributed by atoms with van der Waals surface area (Å²) in [7, 11) is 2.45. The van der Waals surface area contributed by atoms with Crippen LogP contribution in [0.4, 0.5) is 0 Å². The minimum Gasteiger partial charge on any atom is -0.351 e. The molecule has 2 fully saturated rings. The summed E-state index contributed by atoms with van der Waals surface area (Å²) in [4.78, 5) is 13.3. The van der Waals surface area contributed by atoms with Gasteiger partial charge in [0.25, 0.3) is 0 Å². The molecule has 2 aliphatic carbocycles. The topological polar surface area (TPSA) is 41.6 Å². The van der Waals surface area contributed by atoms with E-state index in [1.807, 2.05) is 6.20 Å². The highest BCUT2D eigenvalue weighted by atomic mass is 14.9. The van der Waals surface area contributed by atoms with Gasteiger partial charge in [0.2, 0.25) is 0 Å². The van der Waals surface area contributed by atoms with Crippen LogP contribution in [0.5, 0.6) is 0 Å². The fourth-order valence-corrected chi connectivity index (χ4v) is 5.13. The van der Waals surface area contributed by atoms with Crippen LogP contribution in [0, 0.1) is 5.92 Å². The third-order valence-corrected chi connectivity index (χ3v) is 6.86. The molecule has 4 rings (SSSR count). The Hall–Kier alpha value is -1.32. The van der Waals surface area contributed by atoms with E-state index < -0.39 is 0 Å². The largest absolute Gasteiger partial charge is 0.351 e. The van der Waals surface area contributed by atoms with Gasteiger partial charge in [-0.3, -0.25) is 4.98 Å². The van der Waals surface area contributed by atoms with E-state index in [4.69, 9.17) is 9.97 Å². The van der Waals surface area contributed by atoms with Gasteiger partial charge in [0.05, 0.1) is 5.69 Å². The van der Waals surface area contributed by atoms with Gasteiger partial charge in [-0.15, -0.1) is 0 Å². The zero-order valence-electron chi connectivity index (χ0n) is 17.1. The Balaban J connectivity index is 1.44. The van der Waals surface area contributed by atoms with Crippen molar-refractivity contribution in [3.8, 4) is 0 Å².